The molecule has 0 radical (unpaired) electrons. The zero-order valence-electron chi connectivity index (χ0n) is 10.1. The smallest absolute Gasteiger partial charge is 0.134 e. The average Bonchev–Trinajstić information content (AvgIpc) is 2.78. The van der Waals surface area contributed by atoms with Gasteiger partial charge in [-0.15, -0.1) is 0 Å². The first-order valence-corrected chi connectivity index (χ1v) is 6.17. The van der Waals surface area contributed by atoms with Crippen molar-refractivity contribution < 1.29 is 0 Å². The van der Waals surface area contributed by atoms with E-state index < -0.39 is 0 Å². The topological polar surface area (TPSA) is 41.0 Å². The molecule has 0 spiro atoms. The molecule has 1 aliphatic heterocycles. The number of hydrogen-bond donors (Lipinski definition) is 1. The molecule has 2 rings (SSSR count). The van der Waals surface area contributed by atoms with E-state index >= 15 is 0 Å². The monoisotopic (exact) mass is 220 g/mol. The summed E-state index contributed by atoms with van der Waals surface area (Å²) in [5.74, 6) is 1.99. The van der Waals surface area contributed by atoms with Crippen LogP contribution in [0, 0.1) is 0 Å². The van der Waals surface area contributed by atoms with E-state index in [1.54, 1.807) is 6.33 Å². The van der Waals surface area contributed by atoms with Crippen LogP contribution in [0.25, 0.3) is 0 Å². The maximum atomic E-state index is 4.38. The Hall–Kier alpha value is -1.32. The first-order valence-electron chi connectivity index (χ1n) is 6.17. The van der Waals surface area contributed by atoms with Gasteiger partial charge in [0.2, 0.25) is 0 Å². The Morgan fingerprint density at radius 1 is 1.44 bits per heavy atom. The number of hydrogen-bond acceptors (Lipinski definition) is 4. The molecule has 1 aromatic heterocycles. The van der Waals surface area contributed by atoms with Crippen LogP contribution in [0.15, 0.2) is 12.4 Å². The Morgan fingerprint density at radius 2 is 2.31 bits per heavy atom. The van der Waals surface area contributed by atoms with E-state index in [1.807, 2.05) is 0 Å². The van der Waals surface area contributed by atoms with E-state index in [-0.39, 0.29) is 0 Å². The van der Waals surface area contributed by atoms with E-state index in [9.17, 15) is 0 Å². The van der Waals surface area contributed by atoms with Crippen LogP contribution in [0.1, 0.15) is 33.1 Å². The van der Waals surface area contributed by atoms with Gasteiger partial charge in [-0.25, -0.2) is 9.97 Å². The molecular formula is C12H20N4. The van der Waals surface area contributed by atoms with Gasteiger partial charge < -0.3 is 10.2 Å². The van der Waals surface area contributed by atoms with Crippen LogP contribution in [0.3, 0.4) is 0 Å². The second-order valence-electron chi connectivity index (χ2n) is 4.19. The molecule has 1 saturated heterocycles. The fourth-order valence-corrected chi connectivity index (χ4v) is 2.34. The molecule has 0 aliphatic carbocycles. The summed E-state index contributed by atoms with van der Waals surface area (Å²) < 4.78 is 0. The van der Waals surface area contributed by atoms with Gasteiger partial charge >= 0.3 is 0 Å². The first-order chi connectivity index (χ1) is 7.85. The van der Waals surface area contributed by atoms with Crippen molar-refractivity contribution in [3.8, 4) is 0 Å². The predicted molar refractivity (Wildman–Crippen MR) is 66.9 cm³/mol. The lowest BCUT2D eigenvalue weighted by Crippen LogP contribution is -2.29. The Bertz CT molecular complexity index is 340. The summed E-state index contributed by atoms with van der Waals surface area (Å²) in [4.78, 5) is 11.0. The van der Waals surface area contributed by atoms with Crippen LogP contribution in [0.4, 0.5) is 11.6 Å². The highest BCUT2D eigenvalue weighted by molar-refractivity contribution is 5.49. The molecule has 1 atom stereocenters. The van der Waals surface area contributed by atoms with Crippen LogP contribution in [0.5, 0.6) is 0 Å². The van der Waals surface area contributed by atoms with Gasteiger partial charge in [0.15, 0.2) is 0 Å². The molecule has 88 valence electrons. The summed E-state index contributed by atoms with van der Waals surface area (Å²) in [6, 6.07) is 2.71. The molecule has 0 amide bonds. The summed E-state index contributed by atoms with van der Waals surface area (Å²) in [5.41, 5.74) is 0. The van der Waals surface area contributed by atoms with Gasteiger partial charge in [0, 0.05) is 25.2 Å². The van der Waals surface area contributed by atoms with Gasteiger partial charge in [-0.1, -0.05) is 6.92 Å². The molecule has 0 aromatic carbocycles. The van der Waals surface area contributed by atoms with Gasteiger partial charge in [-0.05, 0) is 26.2 Å². The minimum atomic E-state index is 0.657. The van der Waals surface area contributed by atoms with Crippen molar-refractivity contribution >= 4 is 11.6 Å². The van der Waals surface area contributed by atoms with E-state index in [2.05, 4.69) is 40.1 Å². The number of nitrogens with zero attached hydrogens (tertiary/aromatic N) is 3. The molecule has 2 heterocycles. The fraction of sp³-hybridized carbons (Fsp3) is 0.667. The standard InChI is InChI=1S/C12H20N4/c1-3-10-6-5-7-16(10)12-8-11(13-4-2)14-9-15-12/h8-10H,3-7H2,1-2H3,(H,13,14,15). The largest absolute Gasteiger partial charge is 0.370 e. The number of anilines is 2. The van der Waals surface area contributed by atoms with E-state index in [0.29, 0.717) is 6.04 Å². The molecule has 1 N–H and O–H groups in total. The summed E-state index contributed by atoms with van der Waals surface area (Å²) in [7, 11) is 0. The van der Waals surface area contributed by atoms with Gasteiger partial charge in [0.1, 0.15) is 18.0 Å². The molecule has 0 saturated carbocycles. The molecule has 1 fully saturated rings. The minimum absolute atomic E-state index is 0.657. The Balaban J connectivity index is 2.16. The highest BCUT2D eigenvalue weighted by Gasteiger charge is 2.24. The van der Waals surface area contributed by atoms with Crippen molar-refractivity contribution in [3.63, 3.8) is 0 Å². The lowest BCUT2D eigenvalue weighted by molar-refractivity contribution is 0.640. The van der Waals surface area contributed by atoms with Crippen molar-refractivity contribution in [3.05, 3.63) is 12.4 Å². The lowest BCUT2D eigenvalue weighted by Gasteiger charge is -2.24. The normalized spacial score (nSPS) is 20.1. The third kappa shape index (κ3) is 2.26. The Morgan fingerprint density at radius 3 is 3.06 bits per heavy atom. The van der Waals surface area contributed by atoms with Gasteiger partial charge in [-0.3, -0.25) is 0 Å². The maximum absolute atomic E-state index is 4.38. The van der Waals surface area contributed by atoms with Crippen molar-refractivity contribution in [2.24, 2.45) is 0 Å². The van der Waals surface area contributed by atoms with Crippen LogP contribution in [0.2, 0.25) is 0 Å². The van der Waals surface area contributed by atoms with E-state index in [1.165, 1.54) is 19.3 Å². The van der Waals surface area contributed by atoms with Crippen LogP contribution in [-0.4, -0.2) is 29.1 Å². The van der Waals surface area contributed by atoms with Crippen LogP contribution in [-0.2, 0) is 0 Å². The number of nitrogens with one attached hydrogen (secondary N) is 1. The molecule has 4 heteroatoms. The van der Waals surface area contributed by atoms with Gasteiger partial charge in [0.25, 0.3) is 0 Å². The summed E-state index contributed by atoms with van der Waals surface area (Å²) in [6.45, 7) is 6.34. The van der Waals surface area contributed by atoms with Gasteiger partial charge in [0.05, 0.1) is 0 Å². The average molecular weight is 220 g/mol. The Labute approximate surface area is 97.1 Å². The second kappa shape index (κ2) is 5.14. The van der Waals surface area contributed by atoms with Crippen molar-refractivity contribution in [2.75, 3.05) is 23.3 Å². The molecule has 16 heavy (non-hydrogen) atoms. The molecular weight excluding hydrogens is 200 g/mol. The third-order valence-corrected chi connectivity index (χ3v) is 3.15. The quantitative estimate of drug-likeness (QED) is 0.845. The van der Waals surface area contributed by atoms with Crippen LogP contribution < -0.4 is 10.2 Å². The fourth-order valence-electron chi connectivity index (χ4n) is 2.34. The number of aromatic nitrogens is 2. The second-order valence-corrected chi connectivity index (χ2v) is 4.19. The first kappa shape index (κ1) is 11.2. The third-order valence-electron chi connectivity index (χ3n) is 3.15. The molecule has 1 aliphatic rings. The zero-order chi connectivity index (χ0) is 11.4. The van der Waals surface area contributed by atoms with E-state index in [4.69, 9.17) is 0 Å². The molecule has 1 unspecified atom stereocenters. The van der Waals surface area contributed by atoms with Crippen LogP contribution >= 0.6 is 0 Å². The van der Waals surface area contributed by atoms with Gasteiger partial charge in [-0.2, -0.15) is 0 Å². The summed E-state index contributed by atoms with van der Waals surface area (Å²) in [6.07, 6.45) is 5.41. The minimum Gasteiger partial charge on any atom is -0.370 e. The summed E-state index contributed by atoms with van der Waals surface area (Å²) >= 11 is 0. The molecule has 1 aromatic rings. The van der Waals surface area contributed by atoms with Crippen molar-refractivity contribution in [2.45, 2.75) is 39.2 Å². The zero-order valence-corrected chi connectivity index (χ0v) is 10.1. The predicted octanol–water partition coefficient (Wildman–Crippen LogP) is 2.29. The highest BCUT2D eigenvalue weighted by Crippen LogP contribution is 2.26. The number of rotatable bonds is 4. The maximum Gasteiger partial charge on any atom is 0.134 e. The SMILES string of the molecule is CCNc1cc(N2CCCC2CC)ncn1. The molecule has 4 nitrogen and oxygen atoms in total. The van der Waals surface area contributed by atoms with Crippen molar-refractivity contribution in [1.82, 2.24) is 9.97 Å². The molecule has 0 bridgehead atoms. The Kier molecular flexibility index (Phi) is 3.59. The lowest BCUT2D eigenvalue weighted by atomic mass is 10.2. The highest BCUT2D eigenvalue weighted by atomic mass is 15.2. The van der Waals surface area contributed by atoms with Crippen molar-refractivity contribution in [1.29, 1.82) is 0 Å². The summed E-state index contributed by atoms with van der Waals surface area (Å²) in [5, 5.41) is 3.23. The van der Waals surface area contributed by atoms with E-state index in [0.717, 1.165) is 24.7 Å².